The molecule has 0 spiro atoms. The number of aromatic nitrogens is 1. The van der Waals surface area contributed by atoms with E-state index in [1.165, 1.54) is 11.7 Å². The summed E-state index contributed by atoms with van der Waals surface area (Å²) in [7, 11) is -3.93. The van der Waals surface area contributed by atoms with Crippen molar-refractivity contribution in [2.75, 3.05) is 13.1 Å². The van der Waals surface area contributed by atoms with E-state index in [0.717, 1.165) is 11.3 Å². The summed E-state index contributed by atoms with van der Waals surface area (Å²) < 4.78 is 30.0. The van der Waals surface area contributed by atoms with Gasteiger partial charge in [0.15, 0.2) is 4.21 Å². The molecule has 128 valence electrons. The summed E-state index contributed by atoms with van der Waals surface area (Å²) in [6, 6.07) is 4.48. The van der Waals surface area contributed by atoms with E-state index in [1.54, 1.807) is 18.2 Å². The van der Waals surface area contributed by atoms with Gasteiger partial charge < -0.3 is 9.92 Å². The molecule has 2 heterocycles. The van der Waals surface area contributed by atoms with Crippen LogP contribution in [0.25, 0.3) is 0 Å². The molecule has 1 unspecified atom stereocenters. The second-order valence-electron chi connectivity index (χ2n) is 5.37. The van der Waals surface area contributed by atoms with Gasteiger partial charge >= 0.3 is 10.1 Å². The smallest absolute Gasteiger partial charge is 0.350 e. The van der Waals surface area contributed by atoms with Gasteiger partial charge in [0.2, 0.25) is 5.91 Å². The van der Waals surface area contributed by atoms with E-state index >= 15 is 0 Å². The number of hydrogen-bond donors (Lipinski definition) is 1. The number of benzene rings is 1. The normalized spacial score (nSPS) is 18.1. The maximum Gasteiger partial charge on any atom is 0.350 e. The summed E-state index contributed by atoms with van der Waals surface area (Å²) in [5, 5.41) is 0. The molecule has 1 aliphatic heterocycles. The van der Waals surface area contributed by atoms with E-state index in [-0.39, 0.29) is 9.96 Å². The van der Waals surface area contributed by atoms with Crippen molar-refractivity contribution in [1.29, 1.82) is 0 Å². The third-order valence-electron chi connectivity index (χ3n) is 4.01. The number of nitrogens with zero attached hydrogens (tertiary/aromatic N) is 2. The lowest BCUT2D eigenvalue weighted by atomic mass is 9.91. The summed E-state index contributed by atoms with van der Waals surface area (Å²) in [5.41, 5.74) is 8.39. The molecular formula is C15H17N3O4S2. The minimum atomic E-state index is -3.93. The lowest BCUT2D eigenvalue weighted by Crippen LogP contribution is -2.42. The van der Waals surface area contributed by atoms with Gasteiger partial charge in [0.25, 0.3) is 0 Å². The Morgan fingerprint density at radius 3 is 2.92 bits per heavy atom. The molecule has 1 atom stereocenters. The fourth-order valence-corrected chi connectivity index (χ4v) is 4.64. The standard InChI is InChI=1S/C15H17N3O4S2/c1-2-18-7-6-10-11(14(18)15(16)19)4-3-5-12(10)22-24(20,21)13-8-17-9-23-13/h3-5,8-9,14H,2,6-7H2,1H3,(H2,16,19). The van der Waals surface area contributed by atoms with Crippen molar-refractivity contribution in [3.05, 3.63) is 41.0 Å². The summed E-state index contributed by atoms with van der Waals surface area (Å²) in [5.74, 6) is -0.219. The third kappa shape index (κ3) is 3.02. The summed E-state index contributed by atoms with van der Waals surface area (Å²) in [6.07, 6.45) is 1.84. The van der Waals surface area contributed by atoms with Crippen molar-refractivity contribution in [1.82, 2.24) is 9.88 Å². The lowest BCUT2D eigenvalue weighted by molar-refractivity contribution is -0.123. The number of carbonyl (C=O) groups excluding carboxylic acids is 1. The molecule has 1 aromatic carbocycles. The van der Waals surface area contributed by atoms with Crippen molar-refractivity contribution < 1.29 is 17.4 Å². The van der Waals surface area contributed by atoms with E-state index in [2.05, 4.69) is 4.98 Å². The van der Waals surface area contributed by atoms with Crippen LogP contribution in [0.2, 0.25) is 0 Å². The van der Waals surface area contributed by atoms with Gasteiger partial charge in [0, 0.05) is 12.1 Å². The first-order valence-corrected chi connectivity index (χ1v) is 9.71. The van der Waals surface area contributed by atoms with E-state index in [4.69, 9.17) is 9.92 Å². The van der Waals surface area contributed by atoms with Crippen LogP contribution >= 0.6 is 11.3 Å². The Morgan fingerprint density at radius 1 is 1.50 bits per heavy atom. The lowest BCUT2D eigenvalue weighted by Gasteiger charge is -2.35. The van der Waals surface area contributed by atoms with Crippen molar-refractivity contribution in [3.8, 4) is 5.75 Å². The van der Waals surface area contributed by atoms with Crippen molar-refractivity contribution in [2.24, 2.45) is 5.73 Å². The summed E-state index contributed by atoms with van der Waals surface area (Å²) in [4.78, 5) is 17.6. The third-order valence-corrected chi connectivity index (χ3v) is 6.47. The van der Waals surface area contributed by atoms with Crippen LogP contribution in [-0.2, 0) is 21.3 Å². The molecule has 2 aromatic rings. The molecular weight excluding hydrogens is 350 g/mol. The van der Waals surface area contributed by atoms with Crippen LogP contribution in [-0.4, -0.2) is 37.3 Å². The van der Waals surface area contributed by atoms with Gasteiger partial charge in [-0.3, -0.25) is 14.7 Å². The van der Waals surface area contributed by atoms with E-state index < -0.39 is 22.1 Å². The zero-order chi connectivity index (χ0) is 17.3. The Labute approximate surface area is 144 Å². The first-order valence-electron chi connectivity index (χ1n) is 7.42. The van der Waals surface area contributed by atoms with E-state index in [0.29, 0.717) is 30.6 Å². The highest BCUT2D eigenvalue weighted by atomic mass is 32.3. The number of amides is 1. The molecule has 1 aromatic heterocycles. The highest BCUT2D eigenvalue weighted by Gasteiger charge is 2.33. The maximum absolute atomic E-state index is 12.3. The minimum absolute atomic E-state index is 0.0394. The highest BCUT2D eigenvalue weighted by Crippen LogP contribution is 2.36. The van der Waals surface area contributed by atoms with Crippen LogP contribution in [0.5, 0.6) is 5.75 Å². The molecule has 0 radical (unpaired) electrons. The monoisotopic (exact) mass is 367 g/mol. The number of primary amides is 1. The average molecular weight is 367 g/mol. The zero-order valence-corrected chi connectivity index (χ0v) is 14.6. The molecule has 24 heavy (non-hydrogen) atoms. The van der Waals surface area contributed by atoms with Gasteiger partial charge in [-0.25, -0.2) is 0 Å². The Hall–Kier alpha value is -1.97. The minimum Gasteiger partial charge on any atom is -0.378 e. The van der Waals surface area contributed by atoms with Crippen molar-refractivity contribution >= 4 is 27.4 Å². The number of hydrogen-bond acceptors (Lipinski definition) is 7. The van der Waals surface area contributed by atoms with Gasteiger partial charge in [-0.2, -0.15) is 8.42 Å². The molecule has 0 aliphatic carbocycles. The quantitative estimate of drug-likeness (QED) is 0.800. The Bertz CT molecular complexity index is 850. The predicted octanol–water partition coefficient (Wildman–Crippen LogP) is 1.32. The first kappa shape index (κ1) is 16.9. The molecule has 0 saturated heterocycles. The second kappa shape index (κ2) is 6.50. The predicted molar refractivity (Wildman–Crippen MR) is 89.3 cm³/mol. The van der Waals surface area contributed by atoms with Crippen molar-refractivity contribution in [2.45, 2.75) is 23.6 Å². The SMILES string of the molecule is CCN1CCc2c(OS(=O)(=O)c3cncs3)cccc2C1C(N)=O. The molecule has 9 heteroatoms. The van der Waals surface area contributed by atoms with Crippen LogP contribution in [0.1, 0.15) is 24.1 Å². The molecule has 0 saturated carbocycles. The highest BCUT2D eigenvalue weighted by molar-refractivity contribution is 7.89. The van der Waals surface area contributed by atoms with Crippen LogP contribution < -0.4 is 9.92 Å². The molecule has 2 N–H and O–H groups in total. The van der Waals surface area contributed by atoms with Crippen LogP contribution in [0.3, 0.4) is 0 Å². The van der Waals surface area contributed by atoms with Gasteiger partial charge in [-0.15, -0.1) is 11.3 Å². The number of carbonyl (C=O) groups is 1. The summed E-state index contributed by atoms with van der Waals surface area (Å²) in [6.45, 7) is 3.24. The van der Waals surface area contributed by atoms with E-state index in [1.807, 2.05) is 11.8 Å². The van der Waals surface area contributed by atoms with Gasteiger partial charge in [0.1, 0.15) is 11.8 Å². The number of nitrogens with two attached hydrogens (primary N) is 1. The molecule has 1 amide bonds. The summed E-state index contributed by atoms with van der Waals surface area (Å²) >= 11 is 0.990. The van der Waals surface area contributed by atoms with Gasteiger partial charge in [-0.1, -0.05) is 19.1 Å². The largest absolute Gasteiger partial charge is 0.378 e. The Balaban J connectivity index is 2.01. The van der Waals surface area contributed by atoms with Crippen LogP contribution in [0.15, 0.2) is 34.1 Å². The topological polar surface area (TPSA) is 103 Å². The Morgan fingerprint density at radius 2 is 2.29 bits per heavy atom. The fourth-order valence-electron chi connectivity index (χ4n) is 2.93. The molecule has 7 nitrogen and oxygen atoms in total. The van der Waals surface area contributed by atoms with Crippen LogP contribution in [0, 0.1) is 0 Å². The Kier molecular flexibility index (Phi) is 4.57. The molecule has 0 fully saturated rings. The number of rotatable bonds is 5. The molecule has 1 aliphatic rings. The van der Waals surface area contributed by atoms with Gasteiger partial charge in [0.05, 0.1) is 11.7 Å². The van der Waals surface area contributed by atoms with Gasteiger partial charge in [-0.05, 0) is 24.6 Å². The fraction of sp³-hybridized carbons (Fsp3) is 0.333. The maximum atomic E-state index is 12.3. The van der Waals surface area contributed by atoms with Crippen LogP contribution in [0.4, 0.5) is 0 Å². The zero-order valence-electron chi connectivity index (χ0n) is 13.0. The van der Waals surface area contributed by atoms with E-state index in [9.17, 15) is 13.2 Å². The first-order chi connectivity index (χ1) is 11.4. The van der Waals surface area contributed by atoms with Crippen molar-refractivity contribution in [3.63, 3.8) is 0 Å². The number of likely N-dealkylation sites (N-methyl/N-ethyl adjacent to an activating group) is 1. The number of thiazole rings is 1. The molecule has 0 bridgehead atoms. The average Bonchev–Trinajstić information content (AvgIpc) is 3.08. The second-order valence-corrected chi connectivity index (χ2v) is 8.02. The number of fused-ring (bicyclic) bond motifs is 1. The molecule has 3 rings (SSSR count).